The molecule has 94 valence electrons. The molecule has 2 N–H and O–H groups in total. The highest BCUT2D eigenvalue weighted by molar-refractivity contribution is 14.1. The summed E-state index contributed by atoms with van der Waals surface area (Å²) in [7, 11) is 0. The first kappa shape index (κ1) is 13.4. The summed E-state index contributed by atoms with van der Waals surface area (Å²) in [6.45, 7) is 2.89. The molecule has 1 aromatic carbocycles. The molecule has 2 rings (SSSR count). The zero-order valence-electron chi connectivity index (χ0n) is 9.87. The first-order valence-electron chi connectivity index (χ1n) is 5.61. The lowest BCUT2D eigenvalue weighted by Crippen LogP contribution is -2.00. The van der Waals surface area contributed by atoms with E-state index in [4.69, 9.17) is 11.6 Å². The zero-order chi connectivity index (χ0) is 13.0. The van der Waals surface area contributed by atoms with Gasteiger partial charge >= 0.3 is 0 Å². The molecule has 0 bridgehead atoms. The van der Waals surface area contributed by atoms with E-state index in [1.165, 1.54) is 0 Å². The Morgan fingerprint density at radius 3 is 2.83 bits per heavy atom. The molecule has 0 atom stereocenters. The van der Waals surface area contributed by atoms with Crippen LogP contribution in [0.25, 0.3) is 0 Å². The van der Waals surface area contributed by atoms with E-state index >= 15 is 0 Å². The Hall–Kier alpha value is -1.01. The molecule has 5 heteroatoms. The Kier molecular flexibility index (Phi) is 4.66. The SMILES string of the molecule is CCNc1cc(Nc2ccc(I)cc2Cl)ccn1. The van der Waals surface area contributed by atoms with Gasteiger partial charge in [0.25, 0.3) is 0 Å². The lowest BCUT2D eigenvalue weighted by Gasteiger charge is -2.10. The Labute approximate surface area is 125 Å². The number of hydrogen-bond acceptors (Lipinski definition) is 3. The fourth-order valence-electron chi connectivity index (χ4n) is 1.53. The van der Waals surface area contributed by atoms with Gasteiger partial charge in [-0.05, 0) is 53.8 Å². The first-order valence-corrected chi connectivity index (χ1v) is 7.06. The summed E-state index contributed by atoms with van der Waals surface area (Å²) in [5.74, 6) is 0.851. The van der Waals surface area contributed by atoms with Crippen molar-refractivity contribution < 1.29 is 0 Å². The molecule has 0 unspecified atom stereocenters. The number of nitrogens with zero attached hydrogens (tertiary/aromatic N) is 1. The summed E-state index contributed by atoms with van der Waals surface area (Å²) in [5.41, 5.74) is 1.86. The fourth-order valence-corrected chi connectivity index (χ4v) is 2.44. The number of rotatable bonds is 4. The van der Waals surface area contributed by atoms with Gasteiger partial charge in [0.1, 0.15) is 5.82 Å². The first-order chi connectivity index (χ1) is 8.69. The van der Waals surface area contributed by atoms with Crippen LogP contribution in [0.4, 0.5) is 17.2 Å². The van der Waals surface area contributed by atoms with Crippen LogP contribution in [0, 0.1) is 3.57 Å². The summed E-state index contributed by atoms with van der Waals surface area (Å²) in [5, 5.41) is 7.17. The molecule has 1 heterocycles. The van der Waals surface area contributed by atoms with E-state index in [-0.39, 0.29) is 0 Å². The van der Waals surface area contributed by atoms with E-state index in [1.807, 2.05) is 37.3 Å². The molecule has 0 aliphatic heterocycles. The van der Waals surface area contributed by atoms with E-state index in [0.717, 1.165) is 27.3 Å². The van der Waals surface area contributed by atoms with Gasteiger partial charge in [-0.2, -0.15) is 0 Å². The fraction of sp³-hybridized carbons (Fsp3) is 0.154. The normalized spacial score (nSPS) is 10.2. The quantitative estimate of drug-likeness (QED) is 0.774. The van der Waals surface area contributed by atoms with Crippen LogP contribution in [0.3, 0.4) is 0 Å². The summed E-state index contributed by atoms with van der Waals surface area (Å²) >= 11 is 8.42. The highest BCUT2D eigenvalue weighted by Crippen LogP contribution is 2.27. The Balaban J connectivity index is 2.20. The second-order valence-corrected chi connectivity index (χ2v) is 5.36. The predicted octanol–water partition coefficient (Wildman–Crippen LogP) is 4.52. The maximum Gasteiger partial charge on any atom is 0.127 e. The van der Waals surface area contributed by atoms with Gasteiger partial charge in [-0.3, -0.25) is 0 Å². The number of nitrogens with one attached hydrogen (secondary N) is 2. The Morgan fingerprint density at radius 1 is 1.28 bits per heavy atom. The van der Waals surface area contributed by atoms with Gasteiger partial charge < -0.3 is 10.6 Å². The van der Waals surface area contributed by atoms with E-state index in [9.17, 15) is 0 Å². The van der Waals surface area contributed by atoms with Gasteiger partial charge in [-0.25, -0.2) is 4.98 Å². The van der Waals surface area contributed by atoms with Crippen LogP contribution in [0.1, 0.15) is 6.92 Å². The maximum atomic E-state index is 6.18. The molecular weight excluding hydrogens is 361 g/mol. The number of pyridine rings is 1. The minimum Gasteiger partial charge on any atom is -0.370 e. The van der Waals surface area contributed by atoms with Crippen molar-refractivity contribution in [2.45, 2.75) is 6.92 Å². The van der Waals surface area contributed by atoms with Gasteiger partial charge in [0.2, 0.25) is 0 Å². The third kappa shape index (κ3) is 3.49. The smallest absolute Gasteiger partial charge is 0.127 e. The summed E-state index contributed by atoms with van der Waals surface area (Å²) in [6.07, 6.45) is 1.76. The highest BCUT2D eigenvalue weighted by atomic mass is 127. The number of halogens is 2. The van der Waals surface area contributed by atoms with Crippen molar-refractivity contribution in [3.8, 4) is 0 Å². The molecule has 3 nitrogen and oxygen atoms in total. The van der Waals surface area contributed by atoms with Crippen LogP contribution in [-0.4, -0.2) is 11.5 Å². The predicted molar refractivity (Wildman–Crippen MR) is 85.9 cm³/mol. The second-order valence-electron chi connectivity index (χ2n) is 3.71. The third-order valence-electron chi connectivity index (χ3n) is 2.33. The van der Waals surface area contributed by atoms with Crippen molar-refractivity contribution in [1.29, 1.82) is 0 Å². The van der Waals surface area contributed by atoms with Crippen LogP contribution in [-0.2, 0) is 0 Å². The van der Waals surface area contributed by atoms with E-state index in [2.05, 4.69) is 38.2 Å². The molecule has 2 aromatic rings. The molecular formula is C13H13ClIN3. The lowest BCUT2D eigenvalue weighted by molar-refractivity contribution is 1.16. The molecule has 1 aromatic heterocycles. The zero-order valence-corrected chi connectivity index (χ0v) is 12.8. The topological polar surface area (TPSA) is 37.0 Å². The number of anilines is 3. The molecule has 0 amide bonds. The van der Waals surface area contributed by atoms with E-state index < -0.39 is 0 Å². The van der Waals surface area contributed by atoms with Crippen molar-refractivity contribution in [2.75, 3.05) is 17.2 Å². The molecule has 0 saturated carbocycles. The summed E-state index contributed by atoms with van der Waals surface area (Å²) in [6, 6.07) is 9.78. The van der Waals surface area contributed by atoms with E-state index in [1.54, 1.807) is 6.20 Å². The molecule has 0 fully saturated rings. The monoisotopic (exact) mass is 373 g/mol. The van der Waals surface area contributed by atoms with Crippen molar-refractivity contribution in [2.24, 2.45) is 0 Å². The third-order valence-corrected chi connectivity index (χ3v) is 3.31. The Morgan fingerprint density at radius 2 is 2.11 bits per heavy atom. The van der Waals surface area contributed by atoms with Crippen molar-refractivity contribution >= 4 is 51.4 Å². The molecule has 0 spiro atoms. The lowest BCUT2D eigenvalue weighted by atomic mass is 10.3. The van der Waals surface area contributed by atoms with Crippen molar-refractivity contribution in [3.05, 3.63) is 45.1 Å². The minimum absolute atomic E-state index is 0.712. The van der Waals surface area contributed by atoms with Crippen LogP contribution >= 0.6 is 34.2 Å². The molecule has 0 radical (unpaired) electrons. The second kappa shape index (κ2) is 6.24. The van der Waals surface area contributed by atoms with Gasteiger partial charge in [0, 0.05) is 28.1 Å². The largest absolute Gasteiger partial charge is 0.370 e. The van der Waals surface area contributed by atoms with Gasteiger partial charge in [0.15, 0.2) is 0 Å². The summed E-state index contributed by atoms with van der Waals surface area (Å²) in [4.78, 5) is 4.22. The standard InChI is InChI=1S/C13H13ClIN3/c1-2-16-13-8-10(5-6-17-13)18-12-4-3-9(15)7-11(12)14/h3-8H,2H2,1H3,(H2,16,17,18). The summed E-state index contributed by atoms with van der Waals surface area (Å²) < 4.78 is 1.12. The maximum absolute atomic E-state index is 6.18. The van der Waals surface area contributed by atoms with Crippen molar-refractivity contribution in [1.82, 2.24) is 4.98 Å². The van der Waals surface area contributed by atoms with Gasteiger partial charge in [-0.15, -0.1) is 0 Å². The minimum atomic E-state index is 0.712. The number of hydrogen-bond donors (Lipinski definition) is 2. The number of aromatic nitrogens is 1. The molecule has 18 heavy (non-hydrogen) atoms. The van der Waals surface area contributed by atoms with Gasteiger partial charge in [0.05, 0.1) is 10.7 Å². The molecule has 0 aliphatic carbocycles. The van der Waals surface area contributed by atoms with Crippen LogP contribution in [0.5, 0.6) is 0 Å². The Bertz CT molecular complexity index is 546. The van der Waals surface area contributed by atoms with Crippen molar-refractivity contribution in [3.63, 3.8) is 0 Å². The number of benzene rings is 1. The average molecular weight is 374 g/mol. The highest BCUT2D eigenvalue weighted by Gasteiger charge is 2.02. The van der Waals surface area contributed by atoms with Crippen LogP contribution in [0.15, 0.2) is 36.5 Å². The van der Waals surface area contributed by atoms with Gasteiger partial charge in [-0.1, -0.05) is 11.6 Å². The molecule has 0 saturated heterocycles. The van der Waals surface area contributed by atoms with Crippen LogP contribution in [0.2, 0.25) is 5.02 Å². The van der Waals surface area contributed by atoms with Crippen LogP contribution < -0.4 is 10.6 Å². The molecule has 0 aliphatic rings. The van der Waals surface area contributed by atoms with E-state index in [0.29, 0.717) is 5.02 Å². The average Bonchev–Trinajstić information content (AvgIpc) is 2.34.